The lowest BCUT2D eigenvalue weighted by Crippen LogP contribution is -2.42. The molecule has 1 aliphatic heterocycles. The van der Waals surface area contributed by atoms with Crippen LogP contribution >= 0.6 is 11.6 Å². The maximum Gasteiger partial charge on any atom is 0.316 e. The highest BCUT2D eigenvalue weighted by Crippen LogP contribution is 2.19. The molecular formula is C17H21ClN4O3. The van der Waals surface area contributed by atoms with Gasteiger partial charge in [0.1, 0.15) is 11.9 Å². The van der Waals surface area contributed by atoms with Gasteiger partial charge >= 0.3 is 6.01 Å². The Morgan fingerprint density at radius 3 is 2.60 bits per heavy atom. The average Bonchev–Trinajstić information content (AvgIpc) is 2.93. The van der Waals surface area contributed by atoms with Crippen LogP contribution in [0.4, 0.5) is 0 Å². The Balaban J connectivity index is 1.45. The molecule has 8 heteroatoms. The SMILES string of the molecule is Cc1noc(C)c1CCC(=O)N1CCC(Oc2ncc(Cl)cn2)CC1. The molecular weight excluding hydrogens is 344 g/mol. The quantitative estimate of drug-likeness (QED) is 0.811. The van der Waals surface area contributed by atoms with Gasteiger partial charge in [0.15, 0.2) is 0 Å². The summed E-state index contributed by atoms with van der Waals surface area (Å²) in [6.07, 6.45) is 5.71. The largest absolute Gasteiger partial charge is 0.460 e. The molecule has 2 aromatic rings. The fraction of sp³-hybridized carbons (Fsp3) is 0.529. The maximum absolute atomic E-state index is 12.4. The van der Waals surface area contributed by atoms with Crippen molar-refractivity contribution in [1.82, 2.24) is 20.0 Å². The molecule has 1 saturated heterocycles. The lowest BCUT2D eigenvalue weighted by atomic mass is 10.0. The molecule has 0 bridgehead atoms. The smallest absolute Gasteiger partial charge is 0.316 e. The second-order valence-corrected chi connectivity index (χ2v) is 6.62. The van der Waals surface area contributed by atoms with E-state index in [4.69, 9.17) is 20.9 Å². The van der Waals surface area contributed by atoms with Gasteiger partial charge in [0, 0.05) is 37.9 Å². The normalized spacial score (nSPS) is 15.4. The van der Waals surface area contributed by atoms with E-state index in [1.165, 1.54) is 12.4 Å². The Hall–Kier alpha value is -2.15. The van der Waals surface area contributed by atoms with E-state index in [1.54, 1.807) is 0 Å². The molecule has 0 unspecified atom stereocenters. The van der Waals surface area contributed by atoms with Crippen LogP contribution < -0.4 is 4.74 Å². The third kappa shape index (κ3) is 4.48. The summed E-state index contributed by atoms with van der Waals surface area (Å²) in [5.74, 6) is 0.946. The average molecular weight is 365 g/mol. The van der Waals surface area contributed by atoms with Gasteiger partial charge in [0.05, 0.1) is 23.1 Å². The first kappa shape index (κ1) is 17.7. The molecule has 0 aliphatic carbocycles. The minimum atomic E-state index is 0.0211. The number of ether oxygens (including phenoxy) is 1. The van der Waals surface area contributed by atoms with Gasteiger partial charge in [-0.2, -0.15) is 0 Å². The first-order valence-corrected chi connectivity index (χ1v) is 8.74. The molecule has 1 amide bonds. The van der Waals surface area contributed by atoms with Gasteiger partial charge in [-0.3, -0.25) is 4.79 Å². The third-order valence-corrected chi connectivity index (χ3v) is 4.63. The van der Waals surface area contributed by atoms with Gasteiger partial charge in [0.2, 0.25) is 5.91 Å². The van der Waals surface area contributed by atoms with Crippen molar-refractivity contribution in [3.05, 3.63) is 34.4 Å². The van der Waals surface area contributed by atoms with Gasteiger partial charge in [-0.1, -0.05) is 16.8 Å². The van der Waals surface area contributed by atoms with Crippen LogP contribution in [0.5, 0.6) is 6.01 Å². The van der Waals surface area contributed by atoms with Crippen molar-refractivity contribution < 1.29 is 14.1 Å². The number of hydrogen-bond donors (Lipinski definition) is 0. The Kier molecular flexibility index (Phi) is 5.53. The van der Waals surface area contributed by atoms with E-state index in [9.17, 15) is 4.79 Å². The standard InChI is InChI=1S/C17H21ClN4O3/c1-11-15(12(2)25-21-11)3-4-16(23)22-7-5-14(6-8-22)24-17-19-9-13(18)10-20-17/h9-10,14H,3-8H2,1-2H3. The second kappa shape index (κ2) is 7.82. The summed E-state index contributed by atoms with van der Waals surface area (Å²) in [7, 11) is 0. The molecule has 0 N–H and O–H groups in total. The van der Waals surface area contributed by atoms with Gasteiger partial charge in [-0.25, -0.2) is 9.97 Å². The number of amides is 1. The predicted octanol–water partition coefficient (Wildman–Crippen LogP) is 2.74. The Bertz CT molecular complexity index is 704. The summed E-state index contributed by atoms with van der Waals surface area (Å²) >= 11 is 5.76. The van der Waals surface area contributed by atoms with Crippen molar-refractivity contribution in [3.8, 4) is 6.01 Å². The number of likely N-dealkylation sites (tertiary alicyclic amines) is 1. The van der Waals surface area contributed by atoms with Crippen molar-refractivity contribution in [2.45, 2.75) is 45.6 Å². The van der Waals surface area contributed by atoms with Crippen LogP contribution in [0, 0.1) is 13.8 Å². The van der Waals surface area contributed by atoms with Gasteiger partial charge in [0.25, 0.3) is 0 Å². The molecule has 3 heterocycles. The number of aromatic nitrogens is 3. The molecule has 25 heavy (non-hydrogen) atoms. The first-order valence-electron chi connectivity index (χ1n) is 8.36. The van der Waals surface area contributed by atoms with E-state index in [0.29, 0.717) is 37.0 Å². The molecule has 0 saturated carbocycles. The highest BCUT2D eigenvalue weighted by Gasteiger charge is 2.24. The Labute approximate surface area is 151 Å². The number of hydrogen-bond acceptors (Lipinski definition) is 6. The number of rotatable bonds is 5. The number of aryl methyl sites for hydroxylation is 2. The number of carbonyl (C=O) groups is 1. The van der Waals surface area contributed by atoms with Gasteiger partial charge in [-0.05, 0) is 20.3 Å². The zero-order chi connectivity index (χ0) is 17.8. The lowest BCUT2D eigenvalue weighted by Gasteiger charge is -2.31. The van der Waals surface area contributed by atoms with Crippen molar-refractivity contribution >= 4 is 17.5 Å². The van der Waals surface area contributed by atoms with E-state index in [-0.39, 0.29) is 12.0 Å². The van der Waals surface area contributed by atoms with Crippen molar-refractivity contribution in [1.29, 1.82) is 0 Å². The number of carbonyl (C=O) groups excluding carboxylic acids is 1. The van der Waals surface area contributed by atoms with Crippen molar-refractivity contribution in [3.63, 3.8) is 0 Å². The topological polar surface area (TPSA) is 81.4 Å². The van der Waals surface area contributed by atoms with E-state index in [2.05, 4.69) is 15.1 Å². The molecule has 7 nitrogen and oxygen atoms in total. The zero-order valence-electron chi connectivity index (χ0n) is 14.4. The summed E-state index contributed by atoms with van der Waals surface area (Å²) in [6, 6.07) is 0.326. The molecule has 1 fully saturated rings. The molecule has 1 aliphatic rings. The highest BCUT2D eigenvalue weighted by atomic mass is 35.5. The Morgan fingerprint density at radius 2 is 2.00 bits per heavy atom. The monoisotopic (exact) mass is 364 g/mol. The number of nitrogens with zero attached hydrogens (tertiary/aromatic N) is 4. The van der Waals surface area contributed by atoms with Crippen LogP contribution in [-0.4, -0.2) is 45.1 Å². The van der Waals surface area contributed by atoms with Gasteiger partial charge < -0.3 is 14.2 Å². The molecule has 2 aromatic heterocycles. The summed E-state index contributed by atoms with van der Waals surface area (Å²) in [5, 5.41) is 4.40. The molecule has 0 radical (unpaired) electrons. The third-order valence-electron chi connectivity index (χ3n) is 4.43. The summed E-state index contributed by atoms with van der Waals surface area (Å²) in [6.45, 7) is 5.14. The predicted molar refractivity (Wildman–Crippen MR) is 91.6 cm³/mol. The van der Waals surface area contributed by atoms with E-state index < -0.39 is 0 Å². The molecule has 3 rings (SSSR count). The molecule has 134 valence electrons. The van der Waals surface area contributed by atoms with Crippen LogP contribution in [0.1, 0.15) is 36.3 Å². The number of halogens is 1. The summed E-state index contributed by atoms with van der Waals surface area (Å²) in [5.41, 5.74) is 1.90. The number of piperidine rings is 1. The van der Waals surface area contributed by atoms with Crippen LogP contribution in [0.3, 0.4) is 0 Å². The summed E-state index contributed by atoms with van der Waals surface area (Å²) < 4.78 is 10.9. The molecule has 0 atom stereocenters. The van der Waals surface area contributed by atoms with Crippen LogP contribution in [0.15, 0.2) is 16.9 Å². The van der Waals surface area contributed by atoms with Crippen LogP contribution in [0.25, 0.3) is 0 Å². The highest BCUT2D eigenvalue weighted by molar-refractivity contribution is 6.30. The second-order valence-electron chi connectivity index (χ2n) is 6.18. The minimum Gasteiger partial charge on any atom is -0.460 e. The van der Waals surface area contributed by atoms with E-state index in [1.807, 2.05) is 18.7 Å². The fourth-order valence-electron chi connectivity index (χ4n) is 2.98. The van der Waals surface area contributed by atoms with E-state index in [0.717, 1.165) is 29.9 Å². The maximum atomic E-state index is 12.4. The molecule has 0 spiro atoms. The first-order chi connectivity index (χ1) is 12.0. The van der Waals surface area contributed by atoms with Crippen LogP contribution in [0.2, 0.25) is 5.02 Å². The zero-order valence-corrected chi connectivity index (χ0v) is 15.1. The molecule has 0 aromatic carbocycles. The van der Waals surface area contributed by atoms with Crippen molar-refractivity contribution in [2.24, 2.45) is 0 Å². The van der Waals surface area contributed by atoms with Gasteiger partial charge in [-0.15, -0.1) is 0 Å². The fourth-order valence-corrected chi connectivity index (χ4v) is 3.08. The van der Waals surface area contributed by atoms with E-state index >= 15 is 0 Å². The minimum absolute atomic E-state index is 0.0211. The lowest BCUT2D eigenvalue weighted by molar-refractivity contribution is -0.133. The van der Waals surface area contributed by atoms with Crippen LogP contribution in [-0.2, 0) is 11.2 Å². The Morgan fingerprint density at radius 1 is 1.32 bits per heavy atom. The summed E-state index contributed by atoms with van der Waals surface area (Å²) in [4.78, 5) is 22.4. The van der Waals surface area contributed by atoms with Crippen molar-refractivity contribution in [2.75, 3.05) is 13.1 Å².